The van der Waals surface area contributed by atoms with E-state index in [1.54, 1.807) is 0 Å². The predicted octanol–water partition coefficient (Wildman–Crippen LogP) is 1.71. The van der Waals surface area contributed by atoms with Crippen molar-refractivity contribution in [3.8, 4) is 0 Å². The molecule has 0 aromatic heterocycles. The Morgan fingerprint density at radius 1 is 1.20 bits per heavy atom. The number of rotatable bonds is 3. The minimum Gasteiger partial charge on any atom is -0.315 e. The van der Waals surface area contributed by atoms with Crippen LogP contribution in [0.3, 0.4) is 0 Å². The molecule has 0 amide bonds. The summed E-state index contributed by atoms with van der Waals surface area (Å²) in [6, 6.07) is 1.59. The number of hydrogen-bond donors (Lipinski definition) is 0. The number of piperazine rings is 1. The summed E-state index contributed by atoms with van der Waals surface area (Å²) in [5, 5.41) is 0. The number of nitrogens with zero attached hydrogens (tertiary/aromatic N) is 3. The maximum atomic E-state index is 7.02. The van der Waals surface area contributed by atoms with E-state index in [9.17, 15) is 0 Å². The SMILES string of the molecule is [C-]#[N+]C[C@H]1CN(C(C)C)CCN1C(C)C. The monoisotopic (exact) mass is 209 g/mol. The van der Waals surface area contributed by atoms with Crippen LogP contribution >= 0.6 is 0 Å². The van der Waals surface area contributed by atoms with E-state index in [2.05, 4.69) is 42.3 Å². The average Bonchev–Trinajstić information content (AvgIpc) is 2.17. The molecule has 0 bridgehead atoms. The third-order valence-corrected chi connectivity index (χ3v) is 3.26. The van der Waals surface area contributed by atoms with Crippen LogP contribution < -0.4 is 0 Å². The lowest BCUT2D eigenvalue weighted by molar-refractivity contribution is 0.0435. The van der Waals surface area contributed by atoms with Gasteiger partial charge in [-0.25, -0.2) is 6.57 Å². The lowest BCUT2D eigenvalue weighted by Crippen LogP contribution is -2.57. The van der Waals surface area contributed by atoms with Crippen LogP contribution in [0, 0.1) is 6.57 Å². The number of hydrogen-bond acceptors (Lipinski definition) is 2. The maximum absolute atomic E-state index is 7.02. The van der Waals surface area contributed by atoms with E-state index in [0.717, 1.165) is 19.6 Å². The zero-order chi connectivity index (χ0) is 11.4. The van der Waals surface area contributed by atoms with E-state index < -0.39 is 0 Å². The van der Waals surface area contributed by atoms with Crippen molar-refractivity contribution in [3.63, 3.8) is 0 Å². The van der Waals surface area contributed by atoms with Crippen molar-refractivity contribution in [2.75, 3.05) is 26.2 Å². The van der Waals surface area contributed by atoms with Crippen molar-refractivity contribution in [1.29, 1.82) is 0 Å². The van der Waals surface area contributed by atoms with Crippen molar-refractivity contribution in [1.82, 2.24) is 9.80 Å². The van der Waals surface area contributed by atoms with Crippen LogP contribution in [0.25, 0.3) is 4.85 Å². The van der Waals surface area contributed by atoms with E-state index in [0.29, 0.717) is 24.7 Å². The minimum absolute atomic E-state index is 0.429. The van der Waals surface area contributed by atoms with Gasteiger partial charge in [0.25, 0.3) is 0 Å². The highest BCUT2D eigenvalue weighted by Crippen LogP contribution is 2.15. The van der Waals surface area contributed by atoms with Gasteiger partial charge in [-0.1, -0.05) is 0 Å². The van der Waals surface area contributed by atoms with Crippen LogP contribution in [0.1, 0.15) is 27.7 Å². The molecule has 15 heavy (non-hydrogen) atoms. The first-order valence-corrected chi connectivity index (χ1v) is 5.89. The van der Waals surface area contributed by atoms with E-state index in [1.165, 1.54) is 0 Å². The summed E-state index contributed by atoms with van der Waals surface area (Å²) in [7, 11) is 0. The Balaban J connectivity index is 2.61. The molecule has 1 rings (SSSR count). The molecule has 0 aliphatic carbocycles. The van der Waals surface area contributed by atoms with Crippen LogP contribution in [0.4, 0.5) is 0 Å². The first-order valence-electron chi connectivity index (χ1n) is 5.89. The molecule has 86 valence electrons. The Morgan fingerprint density at radius 3 is 2.33 bits per heavy atom. The smallest absolute Gasteiger partial charge is 0.231 e. The molecule has 1 heterocycles. The van der Waals surface area contributed by atoms with Crippen molar-refractivity contribution in [3.05, 3.63) is 11.4 Å². The molecular weight excluding hydrogens is 186 g/mol. The molecule has 0 N–H and O–H groups in total. The largest absolute Gasteiger partial charge is 0.315 e. The highest BCUT2D eigenvalue weighted by molar-refractivity contribution is 4.89. The van der Waals surface area contributed by atoms with Gasteiger partial charge < -0.3 is 4.85 Å². The van der Waals surface area contributed by atoms with E-state index in [1.807, 2.05) is 0 Å². The Hall–Kier alpha value is -0.590. The molecule has 0 aromatic rings. The minimum atomic E-state index is 0.429. The highest BCUT2D eigenvalue weighted by Gasteiger charge is 2.31. The lowest BCUT2D eigenvalue weighted by atomic mass is 10.1. The Kier molecular flexibility index (Phi) is 4.56. The van der Waals surface area contributed by atoms with Crippen LogP contribution in [-0.4, -0.2) is 54.1 Å². The van der Waals surface area contributed by atoms with Gasteiger partial charge >= 0.3 is 0 Å². The maximum Gasteiger partial charge on any atom is 0.231 e. The summed E-state index contributed by atoms with van der Waals surface area (Å²) < 4.78 is 0. The van der Waals surface area contributed by atoms with Gasteiger partial charge in [-0.2, -0.15) is 0 Å². The molecule has 1 aliphatic heterocycles. The van der Waals surface area contributed by atoms with Gasteiger partial charge in [-0.3, -0.25) is 9.80 Å². The third-order valence-electron chi connectivity index (χ3n) is 3.26. The average molecular weight is 209 g/mol. The summed E-state index contributed by atoms with van der Waals surface area (Å²) in [6.45, 7) is 19.9. The molecular formula is C12H23N3. The fourth-order valence-corrected chi connectivity index (χ4v) is 2.31. The van der Waals surface area contributed by atoms with Gasteiger partial charge in [0.05, 0.1) is 6.04 Å². The molecule has 1 aliphatic rings. The van der Waals surface area contributed by atoms with E-state index in [-0.39, 0.29) is 0 Å². The zero-order valence-corrected chi connectivity index (χ0v) is 10.4. The van der Waals surface area contributed by atoms with Crippen molar-refractivity contribution >= 4 is 0 Å². The van der Waals surface area contributed by atoms with E-state index in [4.69, 9.17) is 6.57 Å². The van der Waals surface area contributed by atoms with Crippen molar-refractivity contribution < 1.29 is 0 Å². The van der Waals surface area contributed by atoms with E-state index >= 15 is 0 Å². The van der Waals surface area contributed by atoms with Crippen LogP contribution in [-0.2, 0) is 0 Å². The van der Waals surface area contributed by atoms with Crippen molar-refractivity contribution in [2.24, 2.45) is 0 Å². The molecule has 1 fully saturated rings. The summed E-state index contributed by atoms with van der Waals surface area (Å²) in [4.78, 5) is 8.52. The Bertz CT molecular complexity index is 230. The van der Waals surface area contributed by atoms with Gasteiger partial charge in [-0.05, 0) is 27.7 Å². The molecule has 3 heteroatoms. The van der Waals surface area contributed by atoms with Crippen LogP contribution in [0.5, 0.6) is 0 Å². The first kappa shape index (κ1) is 12.5. The van der Waals surface area contributed by atoms with Gasteiger partial charge in [0.1, 0.15) is 0 Å². The fraction of sp³-hybridized carbons (Fsp3) is 0.917. The lowest BCUT2D eigenvalue weighted by Gasteiger charge is -2.43. The molecule has 0 saturated carbocycles. The normalized spacial score (nSPS) is 24.7. The van der Waals surface area contributed by atoms with Crippen LogP contribution in [0.2, 0.25) is 0 Å². The van der Waals surface area contributed by atoms with Gasteiger partial charge in [0, 0.05) is 31.7 Å². The summed E-state index contributed by atoms with van der Waals surface area (Å²) in [5.41, 5.74) is 0. The standard InChI is InChI=1S/C12H23N3/c1-10(2)14-6-7-15(11(3)4)12(9-14)8-13-5/h10-12H,6-9H2,1-4H3/t12-/m0/s1. The molecule has 0 unspecified atom stereocenters. The quantitative estimate of drug-likeness (QED) is 0.655. The Morgan fingerprint density at radius 2 is 1.87 bits per heavy atom. The van der Waals surface area contributed by atoms with Gasteiger partial charge in [-0.15, -0.1) is 0 Å². The third kappa shape index (κ3) is 3.19. The molecule has 0 aromatic carbocycles. The van der Waals surface area contributed by atoms with Gasteiger partial charge in [0.2, 0.25) is 6.54 Å². The predicted molar refractivity (Wildman–Crippen MR) is 63.8 cm³/mol. The van der Waals surface area contributed by atoms with Gasteiger partial charge in [0.15, 0.2) is 0 Å². The first-order chi connectivity index (χ1) is 7.06. The summed E-state index contributed by atoms with van der Waals surface area (Å²) >= 11 is 0. The topological polar surface area (TPSA) is 10.8 Å². The Labute approximate surface area is 93.9 Å². The molecule has 1 saturated heterocycles. The second kappa shape index (κ2) is 5.48. The summed E-state index contributed by atoms with van der Waals surface area (Å²) in [5.74, 6) is 0. The fourth-order valence-electron chi connectivity index (χ4n) is 2.31. The second-order valence-corrected chi connectivity index (χ2v) is 4.91. The van der Waals surface area contributed by atoms with Crippen molar-refractivity contribution in [2.45, 2.75) is 45.8 Å². The molecule has 0 spiro atoms. The summed E-state index contributed by atoms with van der Waals surface area (Å²) in [6.07, 6.45) is 0. The molecule has 0 radical (unpaired) electrons. The molecule has 3 nitrogen and oxygen atoms in total. The second-order valence-electron chi connectivity index (χ2n) is 4.91. The van der Waals surface area contributed by atoms with Crippen LogP contribution in [0.15, 0.2) is 0 Å². The zero-order valence-electron chi connectivity index (χ0n) is 10.4. The molecule has 1 atom stereocenters. The highest BCUT2D eigenvalue weighted by atomic mass is 15.3.